The highest BCUT2D eigenvalue weighted by Crippen LogP contribution is 2.23. The average Bonchev–Trinajstić information content (AvgIpc) is 3.10. The van der Waals surface area contributed by atoms with E-state index in [1.54, 1.807) is 11.3 Å². The molecule has 0 aliphatic carbocycles. The van der Waals surface area contributed by atoms with Gasteiger partial charge in [0.2, 0.25) is 0 Å². The first-order valence-electron chi connectivity index (χ1n) is 8.43. The third-order valence-corrected chi connectivity index (χ3v) is 5.28. The molecule has 2 amide bonds. The maximum Gasteiger partial charge on any atom is 0.317 e. The smallest absolute Gasteiger partial charge is 0.317 e. The minimum atomic E-state index is -0.0533. The van der Waals surface area contributed by atoms with Crippen molar-refractivity contribution in [2.24, 2.45) is 0 Å². The molecule has 2 aromatic rings. The number of aromatic nitrogens is 1. The lowest BCUT2D eigenvalue weighted by Crippen LogP contribution is -2.48. The molecule has 2 heterocycles. The van der Waals surface area contributed by atoms with E-state index in [4.69, 9.17) is 5.11 Å². The maximum atomic E-state index is 12.4. The van der Waals surface area contributed by atoms with Gasteiger partial charge < -0.3 is 15.3 Å². The van der Waals surface area contributed by atoms with Crippen LogP contribution in [0, 0.1) is 0 Å². The van der Waals surface area contributed by atoms with Crippen LogP contribution in [0.5, 0.6) is 0 Å². The van der Waals surface area contributed by atoms with Crippen molar-refractivity contribution in [3.8, 4) is 10.6 Å². The van der Waals surface area contributed by atoms with Crippen molar-refractivity contribution in [1.82, 2.24) is 15.2 Å². The lowest BCUT2D eigenvalue weighted by molar-refractivity contribution is 0.131. The Morgan fingerprint density at radius 3 is 2.96 bits per heavy atom. The normalized spacial score (nSPS) is 17.7. The summed E-state index contributed by atoms with van der Waals surface area (Å²) < 4.78 is 0. The second kappa shape index (κ2) is 8.26. The number of aliphatic hydroxyl groups excluding tert-OH is 1. The second-order valence-corrected chi connectivity index (χ2v) is 6.88. The molecule has 24 heavy (non-hydrogen) atoms. The number of amides is 2. The summed E-state index contributed by atoms with van der Waals surface area (Å²) in [6.45, 7) is 1.33. The van der Waals surface area contributed by atoms with E-state index < -0.39 is 0 Å². The molecule has 0 radical (unpaired) electrons. The van der Waals surface area contributed by atoms with E-state index in [-0.39, 0.29) is 18.7 Å². The largest absolute Gasteiger partial charge is 0.396 e. The SMILES string of the molecule is O=C(NCc1csc(-c2ccccc2)n1)N1CCCC[C@@H]1CCO. The van der Waals surface area contributed by atoms with E-state index in [2.05, 4.69) is 10.3 Å². The molecule has 1 atom stereocenters. The van der Waals surface area contributed by atoms with E-state index in [1.807, 2.05) is 40.6 Å². The van der Waals surface area contributed by atoms with Gasteiger partial charge in [-0.05, 0) is 25.7 Å². The number of aliphatic hydroxyl groups is 1. The number of piperidine rings is 1. The zero-order chi connectivity index (χ0) is 16.8. The molecule has 3 rings (SSSR count). The maximum absolute atomic E-state index is 12.4. The molecular formula is C18H23N3O2S. The minimum Gasteiger partial charge on any atom is -0.396 e. The Hall–Kier alpha value is -1.92. The van der Waals surface area contributed by atoms with Crippen LogP contribution in [-0.2, 0) is 6.54 Å². The number of nitrogens with one attached hydrogen (secondary N) is 1. The van der Waals surface area contributed by atoms with Crippen LogP contribution in [-0.4, -0.2) is 40.2 Å². The molecule has 5 nitrogen and oxygen atoms in total. The number of carbonyl (C=O) groups excluding carboxylic acids is 1. The molecule has 6 heteroatoms. The van der Waals surface area contributed by atoms with Crippen molar-refractivity contribution >= 4 is 17.4 Å². The standard InChI is InChI=1S/C18H23N3O2S/c22-11-9-16-8-4-5-10-21(16)18(23)19-12-15-13-24-17(20-15)14-6-2-1-3-7-14/h1-3,6-7,13,16,22H,4-5,8-12H2,(H,19,23)/t16-/m1/s1. The number of likely N-dealkylation sites (tertiary alicyclic amines) is 1. The van der Waals surface area contributed by atoms with Gasteiger partial charge in [-0.1, -0.05) is 30.3 Å². The highest BCUT2D eigenvalue weighted by Gasteiger charge is 2.26. The van der Waals surface area contributed by atoms with Gasteiger partial charge in [0.25, 0.3) is 0 Å². The Balaban J connectivity index is 1.57. The van der Waals surface area contributed by atoms with E-state index in [0.717, 1.165) is 42.1 Å². The Bertz CT molecular complexity index is 657. The van der Waals surface area contributed by atoms with E-state index >= 15 is 0 Å². The number of hydrogen-bond acceptors (Lipinski definition) is 4. The van der Waals surface area contributed by atoms with E-state index in [9.17, 15) is 4.79 Å². The third kappa shape index (κ3) is 4.13. The van der Waals surface area contributed by atoms with E-state index in [0.29, 0.717) is 13.0 Å². The second-order valence-electron chi connectivity index (χ2n) is 6.02. The van der Waals surface area contributed by atoms with Crippen LogP contribution in [0.1, 0.15) is 31.4 Å². The van der Waals surface area contributed by atoms with Crippen LogP contribution < -0.4 is 5.32 Å². The lowest BCUT2D eigenvalue weighted by atomic mass is 10.0. The number of rotatable bonds is 5. The number of hydrogen-bond donors (Lipinski definition) is 2. The van der Waals surface area contributed by atoms with Gasteiger partial charge >= 0.3 is 6.03 Å². The molecule has 1 aliphatic heterocycles. The van der Waals surface area contributed by atoms with Gasteiger partial charge in [0, 0.05) is 30.1 Å². The molecule has 1 aromatic heterocycles. The average molecular weight is 345 g/mol. The Labute approximate surface area is 146 Å². The van der Waals surface area contributed by atoms with Gasteiger partial charge in [0.1, 0.15) is 5.01 Å². The zero-order valence-corrected chi connectivity index (χ0v) is 14.5. The van der Waals surface area contributed by atoms with Crippen molar-refractivity contribution in [2.45, 2.75) is 38.3 Å². The van der Waals surface area contributed by atoms with Crippen molar-refractivity contribution in [3.05, 3.63) is 41.4 Å². The van der Waals surface area contributed by atoms with Crippen molar-refractivity contribution < 1.29 is 9.90 Å². The molecule has 2 N–H and O–H groups in total. The zero-order valence-electron chi connectivity index (χ0n) is 13.6. The summed E-state index contributed by atoms with van der Waals surface area (Å²) in [6, 6.07) is 10.1. The summed E-state index contributed by atoms with van der Waals surface area (Å²) in [5.41, 5.74) is 1.97. The fourth-order valence-corrected chi connectivity index (χ4v) is 3.91. The van der Waals surface area contributed by atoms with Crippen LogP contribution in [0.2, 0.25) is 0 Å². The van der Waals surface area contributed by atoms with Crippen molar-refractivity contribution in [1.29, 1.82) is 0 Å². The van der Waals surface area contributed by atoms with Gasteiger partial charge in [0.15, 0.2) is 0 Å². The first-order chi connectivity index (χ1) is 11.8. The summed E-state index contributed by atoms with van der Waals surface area (Å²) in [4.78, 5) is 18.9. The lowest BCUT2D eigenvalue weighted by Gasteiger charge is -2.35. The van der Waals surface area contributed by atoms with E-state index in [1.165, 1.54) is 0 Å². The van der Waals surface area contributed by atoms with Crippen LogP contribution in [0.25, 0.3) is 10.6 Å². The van der Waals surface area contributed by atoms with Crippen LogP contribution in [0.3, 0.4) is 0 Å². The predicted molar refractivity (Wildman–Crippen MR) is 95.8 cm³/mol. The molecule has 0 saturated carbocycles. The fourth-order valence-electron chi connectivity index (χ4n) is 3.09. The summed E-state index contributed by atoms with van der Waals surface area (Å²) in [6.07, 6.45) is 3.79. The molecule has 0 unspecified atom stereocenters. The highest BCUT2D eigenvalue weighted by molar-refractivity contribution is 7.13. The van der Waals surface area contributed by atoms with Crippen LogP contribution >= 0.6 is 11.3 Å². The number of carbonyl (C=O) groups is 1. The highest BCUT2D eigenvalue weighted by atomic mass is 32.1. The Kier molecular flexibility index (Phi) is 5.82. The summed E-state index contributed by atoms with van der Waals surface area (Å²) >= 11 is 1.59. The van der Waals surface area contributed by atoms with Gasteiger partial charge in [-0.2, -0.15) is 0 Å². The number of nitrogens with zero attached hydrogens (tertiary/aromatic N) is 2. The van der Waals surface area contributed by atoms with Gasteiger partial charge in [-0.3, -0.25) is 0 Å². The fraction of sp³-hybridized carbons (Fsp3) is 0.444. The van der Waals surface area contributed by atoms with Crippen molar-refractivity contribution in [2.75, 3.05) is 13.2 Å². The topological polar surface area (TPSA) is 65.5 Å². The summed E-state index contributed by atoms with van der Waals surface area (Å²) in [7, 11) is 0. The molecule has 1 saturated heterocycles. The summed E-state index contributed by atoms with van der Waals surface area (Å²) in [5, 5.41) is 15.1. The van der Waals surface area contributed by atoms with Gasteiger partial charge in [-0.15, -0.1) is 11.3 Å². The molecule has 128 valence electrons. The molecule has 1 fully saturated rings. The van der Waals surface area contributed by atoms with Crippen molar-refractivity contribution in [3.63, 3.8) is 0 Å². The Morgan fingerprint density at radius 1 is 1.33 bits per heavy atom. The first-order valence-corrected chi connectivity index (χ1v) is 9.31. The number of benzene rings is 1. The predicted octanol–water partition coefficient (Wildman–Crippen LogP) is 3.26. The van der Waals surface area contributed by atoms with Gasteiger partial charge in [0.05, 0.1) is 12.2 Å². The van der Waals surface area contributed by atoms with Crippen LogP contribution in [0.15, 0.2) is 35.7 Å². The Morgan fingerprint density at radius 2 is 2.17 bits per heavy atom. The quantitative estimate of drug-likeness (QED) is 0.874. The number of thiazole rings is 1. The van der Waals surface area contributed by atoms with Crippen LogP contribution in [0.4, 0.5) is 4.79 Å². The first kappa shape index (κ1) is 16.9. The monoisotopic (exact) mass is 345 g/mol. The minimum absolute atomic E-state index is 0.0533. The molecule has 0 spiro atoms. The van der Waals surface area contributed by atoms with Gasteiger partial charge in [-0.25, -0.2) is 9.78 Å². The molecule has 1 aromatic carbocycles. The third-order valence-electron chi connectivity index (χ3n) is 4.34. The number of urea groups is 1. The molecule has 0 bridgehead atoms. The summed E-state index contributed by atoms with van der Waals surface area (Å²) in [5.74, 6) is 0. The molecular weight excluding hydrogens is 322 g/mol. The molecule has 1 aliphatic rings.